The monoisotopic (exact) mass is 454 g/mol. The molecular formula is C24H30N4O5. The van der Waals surface area contributed by atoms with E-state index in [2.05, 4.69) is 21.2 Å². The van der Waals surface area contributed by atoms with Crippen molar-refractivity contribution in [1.29, 1.82) is 0 Å². The number of rotatable bonds is 10. The molecule has 0 unspecified atom stereocenters. The fourth-order valence-electron chi connectivity index (χ4n) is 2.58. The molecule has 0 aliphatic carbocycles. The van der Waals surface area contributed by atoms with Gasteiger partial charge in [-0.3, -0.25) is 14.4 Å². The molecule has 2 aromatic carbocycles. The highest BCUT2D eigenvalue weighted by Crippen LogP contribution is 2.28. The van der Waals surface area contributed by atoms with Gasteiger partial charge < -0.3 is 20.1 Å². The first-order chi connectivity index (χ1) is 15.8. The van der Waals surface area contributed by atoms with Gasteiger partial charge in [-0.2, -0.15) is 5.10 Å². The lowest BCUT2D eigenvalue weighted by atomic mass is 10.2. The van der Waals surface area contributed by atoms with Gasteiger partial charge >= 0.3 is 11.8 Å². The molecule has 2 aromatic rings. The molecule has 0 aromatic heterocycles. The number of aryl methyl sites for hydroxylation is 1. The number of benzene rings is 2. The Hall–Kier alpha value is -3.88. The van der Waals surface area contributed by atoms with Crippen molar-refractivity contribution in [3.63, 3.8) is 0 Å². The van der Waals surface area contributed by atoms with Crippen LogP contribution in [0.2, 0.25) is 0 Å². The van der Waals surface area contributed by atoms with E-state index in [0.717, 1.165) is 5.56 Å². The number of carbonyl (C=O) groups is 3. The number of nitrogens with zero attached hydrogens (tertiary/aromatic N) is 1. The van der Waals surface area contributed by atoms with Crippen molar-refractivity contribution in [3.05, 3.63) is 53.6 Å². The van der Waals surface area contributed by atoms with Crippen molar-refractivity contribution in [1.82, 2.24) is 10.7 Å². The quantitative estimate of drug-likeness (QED) is 0.290. The molecular weight excluding hydrogens is 424 g/mol. The first-order valence-corrected chi connectivity index (χ1v) is 10.7. The molecule has 0 saturated carbocycles. The van der Waals surface area contributed by atoms with Gasteiger partial charge in [0.1, 0.15) is 0 Å². The smallest absolute Gasteiger partial charge is 0.329 e. The maximum absolute atomic E-state index is 12.2. The lowest BCUT2D eigenvalue weighted by Gasteiger charge is -2.13. The molecule has 9 heteroatoms. The number of carbonyl (C=O) groups excluding carboxylic acids is 3. The highest BCUT2D eigenvalue weighted by molar-refractivity contribution is 6.35. The minimum Gasteiger partial charge on any atom is -0.490 e. The Morgan fingerprint density at radius 3 is 2.39 bits per heavy atom. The van der Waals surface area contributed by atoms with E-state index >= 15 is 0 Å². The predicted octanol–water partition coefficient (Wildman–Crippen LogP) is 2.78. The fraction of sp³-hybridized carbons (Fsp3) is 0.333. The molecule has 0 radical (unpaired) electrons. The minimum absolute atomic E-state index is 0.104. The van der Waals surface area contributed by atoms with Crippen molar-refractivity contribution in [2.75, 3.05) is 18.5 Å². The number of hydrogen-bond acceptors (Lipinski definition) is 6. The summed E-state index contributed by atoms with van der Waals surface area (Å²) in [5.74, 6) is -1.08. The highest BCUT2D eigenvalue weighted by atomic mass is 16.5. The lowest BCUT2D eigenvalue weighted by molar-refractivity contribution is -0.139. The molecule has 0 fully saturated rings. The van der Waals surface area contributed by atoms with E-state index in [1.807, 2.05) is 45.0 Å². The van der Waals surface area contributed by atoms with Gasteiger partial charge in [0.15, 0.2) is 18.1 Å². The zero-order valence-electron chi connectivity index (χ0n) is 19.3. The van der Waals surface area contributed by atoms with Gasteiger partial charge in [0.2, 0.25) is 0 Å². The summed E-state index contributed by atoms with van der Waals surface area (Å²) in [5.41, 5.74) is 4.58. The summed E-state index contributed by atoms with van der Waals surface area (Å²) in [7, 11) is 0. The molecule has 176 valence electrons. The van der Waals surface area contributed by atoms with Crippen LogP contribution >= 0.6 is 0 Å². The SMILES string of the molecule is CCOc1cc(/C=N\NC(=O)C(=O)N[C@H](C)CC)ccc1OCC(=O)Nc1ccc(C)cc1. The Balaban J connectivity index is 1.95. The molecule has 2 rings (SSSR count). The van der Waals surface area contributed by atoms with Gasteiger partial charge in [-0.05, 0) is 63.1 Å². The van der Waals surface area contributed by atoms with Crippen molar-refractivity contribution in [2.24, 2.45) is 5.10 Å². The highest BCUT2D eigenvalue weighted by Gasteiger charge is 2.14. The standard InChI is InChI=1S/C24H30N4O5/c1-5-17(4)26-23(30)24(31)28-25-14-18-9-12-20(21(13-18)32-6-2)33-15-22(29)27-19-10-7-16(3)8-11-19/h7-14,17H,5-6,15H2,1-4H3,(H,26,30)(H,27,29)(H,28,31)/b25-14-/t17-/m1/s1. The van der Waals surface area contributed by atoms with Crippen LogP contribution in [-0.4, -0.2) is 43.2 Å². The predicted molar refractivity (Wildman–Crippen MR) is 127 cm³/mol. The first kappa shape index (κ1) is 25.4. The Morgan fingerprint density at radius 2 is 1.73 bits per heavy atom. The largest absolute Gasteiger partial charge is 0.490 e. The lowest BCUT2D eigenvalue weighted by Crippen LogP contribution is -2.41. The van der Waals surface area contributed by atoms with Crippen LogP contribution in [-0.2, 0) is 14.4 Å². The summed E-state index contributed by atoms with van der Waals surface area (Å²) in [6.45, 7) is 7.70. The number of amides is 3. The second-order valence-corrected chi connectivity index (χ2v) is 7.32. The normalized spacial score (nSPS) is 11.5. The summed E-state index contributed by atoms with van der Waals surface area (Å²) >= 11 is 0. The summed E-state index contributed by atoms with van der Waals surface area (Å²) in [6.07, 6.45) is 2.09. The Bertz CT molecular complexity index is 989. The fourth-order valence-corrected chi connectivity index (χ4v) is 2.58. The topological polar surface area (TPSA) is 118 Å². The van der Waals surface area contributed by atoms with E-state index in [-0.39, 0.29) is 18.6 Å². The second-order valence-electron chi connectivity index (χ2n) is 7.32. The molecule has 0 saturated heterocycles. The molecule has 1 atom stereocenters. The Morgan fingerprint density at radius 1 is 1.00 bits per heavy atom. The van der Waals surface area contributed by atoms with E-state index in [4.69, 9.17) is 9.47 Å². The van der Waals surface area contributed by atoms with E-state index in [1.54, 1.807) is 25.1 Å². The molecule has 0 spiro atoms. The van der Waals surface area contributed by atoms with Gasteiger partial charge in [0.05, 0.1) is 12.8 Å². The Labute approximate surface area is 193 Å². The van der Waals surface area contributed by atoms with Gasteiger partial charge in [0, 0.05) is 11.7 Å². The summed E-state index contributed by atoms with van der Waals surface area (Å²) in [5, 5.41) is 9.13. The number of anilines is 1. The molecule has 0 aliphatic rings. The van der Waals surface area contributed by atoms with Gasteiger partial charge in [-0.1, -0.05) is 24.6 Å². The van der Waals surface area contributed by atoms with E-state index in [9.17, 15) is 14.4 Å². The molecule has 3 amide bonds. The van der Waals surface area contributed by atoms with Crippen LogP contribution in [0.3, 0.4) is 0 Å². The van der Waals surface area contributed by atoms with Crippen LogP contribution in [0, 0.1) is 6.92 Å². The maximum atomic E-state index is 12.2. The first-order valence-electron chi connectivity index (χ1n) is 10.7. The van der Waals surface area contributed by atoms with Crippen molar-refractivity contribution in [2.45, 2.75) is 40.2 Å². The third kappa shape index (κ3) is 8.64. The molecule has 33 heavy (non-hydrogen) atoms. The number of ether oxygens (including phenoxy) is 2. The van der Waals surface area contributed by atoms with Gasteiger partial charge in [-0.25, -0.2) is 5.43 Å². The average Bonchev–Trinajstić information content (AvgIpc) is 2.80. The van der Waals surface area contributed by atoms with Crippen LogP contribution in [0.5, 0.6) is 11.5 Å². The zero-order chi connectivity index (χ0) is 24.2. The molecule has 0 heterocycles. The van der Waals surface area contributed by atoms with Crippen LogP contribution in [0.1, 0.15) is 38.3 Å². The van der Waals surface area contributed by atoms with E-state index in [0.29, 0.717) is 35.8 Å². The van der Waals surface area contributed by atoms with E-state index in [1.165, 1.54) is 6.21 Å². The molecule has 0 aliphatic heterocycles. The average molecular weight is 455 g/mol. The third-order valence-corrected chi connectivity index (χ3v) is 4.54. The van der Waals surface area contributed by atoms with Crippen LogP contribution in [0.15, 0.2) is 47.6 Å². The molecule has 9 nitrogen and oxygen atoms in total. The summed E-state index contributed by atoms with van der Waals surface area (Å²) < 4.78 is 11.2. The number of hydrazone groups is 1. The van der Waals surface area contributed by atoms with Gasteiger partial charge in [-0.15, -0.1) is 0 Å². The van der Waals surface area contributed by atoms with Crippen LogP contribution in [0.4, 0.5) is 5.69 Å². The van der Waals surface area contributed by atoms with Crippen molar-refractivity contribution < 1.29 is 23.9 Å². The molecule has 0 bridgehead atoms. The number of nitrogens with one attached hydrogen (secondary N) is 3. The third-order valence-electron chi connectivity index (χ3n) is 4.54. The van der Waals surface area contributed by atoms with Crippen molar-refractivity contribution >= 4 is 29.6 Å². The minimum atomic E-state index is -0.851. The van der Waals surface area contributed by atoms with Gasteiger partial charge in [0.25, 0.3) is 5.91 Å². The maximum Gasteiger partial charge on any atom is 0.329 e. The molecule has 3 N–H and O–H groups in total. The van der Waals surface area contributed by atoms with Crippen LogP contribution < -0.4 is 25.5 Å². The second kappa shape index (κ2) is 12.8. The zero-order valence-corrected chi connectivity index (χ0v) is 19.3. The summed E-state index contributed by atoms with van der Waals surface area (Å²) in [4.78, 5) is 35.7. The van der Waals surface area contributed by atoms with Crippen LogP contribution in [0.25, 0.3) is 0 Å². The number of hydrogen-bond donors (Lipinski definition) is 3. The van der Waals surface area contributed by atoms with E-state index < -0.39 is 11.8 Å². The van der Waals surface area contributed by atoms with Crippen molar-refractivity contribution in [3.8, 4) is 11.5 Å². The Kier molecular flexibility index (Phi) is 9.88. The summed E-state index contributed by atoms with van der Waals surface area (Å²) in [6, 6.07) is 12.3.